The molecule has 0 aromatic heterocycles. The largest absolute Gasteiger partial charge is 0.0988 e. The van der Waals surface area contributed by atoms with E-state index in [1.807, 2.05) is 52.0 Å². The van der Waals surface area contributed by atoms with Crippen LogP contribution in [0.4, 0.5) is 0 Å². The molecular weight excluding hydrogens is 216 g/mol. The summed E-state index contributed by atoms with van der Waals surface area (Å²) in [6, 6.07) is 0. The van der Waals surface area contributed by atoms with Gasteiger partial charge in [0, 0.05) is 0 Å². The molecule has 0 saturated heterocycles. The Morgan fingerprint density at radius 1 is 0.722 bits per heavy atom. The SMILES string of the molecule is C=C/C(C)=C(/C=C\C)C(\C=C)=C(C)/C=C\C.CC. The number of rotatable bonds is 5. The van der Waals surface area contributed by atoms with Gasteiger partial charge >= 0.3 is 0 Å². The summed E-state index contributed by atoms with van der Waals surface area (Å²) in [7, 11) is 0. The maximum absolute atomic E-state index is 3.89. The monoisotopic (exact) mass is 244 g/mol. The van der Waals surface area contributed by atoms with E-state index in [4.69, 9.17) is 0 Å². The third-order valence-electron chi connectivity index (χ3n) is 2.40. The van der Waals surface area contributed by atoms with Crippen LogP contribution in [0.5, 0.6) is 0 Å². The van der Waals surface area contributed by atoms with Crippen molar-refractivity contribution >= 4 is 0 Å². The molecule has 0 unspecified atom stereocenters. The highest BCUT2D eigenvalue weighted by atomic mass is 14.1. The Hall–Kier alpha value is -1.56. The Bertz CT molecular complexity index is 371. The van der Waals surface area contributed by atoms with Crippen molar-refractivity contribution in [2.75, 3.05) is 0 Å². The van der Waals surface area contributed by atoms with Gasteiger partial charge in [-0.3, -0.25) is 0 Å². The Morgan fingerprint density at radius 2 is 1.22 bits per heavy atom. The fraction of sp³-hybridized carbons (Fsp3) is 0.333. The summed E-state index contributed by atoms with van der Waals surface area (Å²) < 4.78 is 0. The Kier molecular flexibility index (Phi) is 12.4. The maximum atomic E-state index is 3.89. The molecule has 0 fully saturated rings. The molecule has 0 aliphatic rings. The quantitative estimate of drug-likeness (QED) is 0.507. The molecule has 0 bridgehead atoms. The first-order valence-electron chi connectivity index (χ1n) is 6.54. The predicted molar refractivity (Wildman–Crippen MR) is 86.8 cm³/mol. The zero-order valence-electron chi connectivity index (χ0n) is 12.9. The van der Waals surface area contributed by atoms with Gasteiger partial charge in [-0.15, -0.1) is 0 Å². The van der Waals surface area contributed by atoms with Crippen molar-refractivity contribution in [2.24, 2.45) is 0 Å². The van der Waals surface area contributed by atoms with E-state index in [0.29, 0.717) is 0 Å². The van der Waals surface area contributed by atoms with Crippen LogP contribution in [-0.4, -0.2) is 0 Å². The third-order valence-corrected chi connectivity index (χ3v) is 2.40. The molecule has 0 saturated carbocycles. The van der Waals surface area contributed by atoms with Crippen LogP contribution in [0.25, 0.3) is 0 Å². The van der Waals surface area contributed by atoms with Gasteiger partial charge < -0.3 is 0 Å². The van der Waals surface area contributed by atoms with Crippen LogP contribution in [-0.2, 0) is 0 Å². The van der Waals surface area contributed by atoms with Crippen molar-refractivity contribution in [1.29, 1.82) is 0 Å². The van der Waals surface area contributed by atoms with Gasteiger partial charge in [-0.25, -0.2) is 0 Å². The van der Waals surface area contributed by atoms with Crippen LogP contribution >= 0.6 is 0 Å². The predicted octanol–water partition coefficient (Wildman–Crippen LogP) is 6.17. The molecule has 0 amide bonds. The lowest BCUT2D eigenvalue weighted by atomic mass is 9.95. The van der Waals surface area contributed by atoms with E-state index < -0.39 is 0 Å². The van der Waals surface area contributed by atoms with Crippen molar-refractivity contribution in [3.8, 4) is 0 Å². The van der Waals surface area contributed by atoms with Crippen LogP contribution < -0.4 is 0 Å². The van der Waals surface area contributed by atoms with Crippen LogP contribution in [0.15, 0.2) is 71.9 Å². The fourth-order valence-corrected chi connectivity index (χ4v) is 1.53. The minimum Gasteiger partial charge on any atom is -0.0988 e. The molecule has 0 heteroatoms. The van der Waals surface area contributed by atoms with E-state index in [0.717, 1.165) is 11.1 Å². The van der Waals surface area contributed by atoms with Crippen molar-refractivity contribution in [3.63, 3.8) is 0 Å². The number of allylic oxidation sites excluding steroid dienone is 10. The molecule has 0 radical (unpaired) electrons. The molecule has 0 nitrogen and oxygen atoms in total. The van der Waals surface area contributed by atoms with Gasteiger partial charge in [0.05, 0.1) is 0 Å². The lowest BCUT2D eigenvalue weighted by molar-refractivity contribution is 1.34. The van der Waals surface area contributed by atoms with Gasteiger partial charge in [0.15, 0.2) is 0 Å². The van der Waals surface area contributed by atoms with Crippen molar-refractivity contribution in [1.82, 2.24) is 0 Å². The second-order valence-corrected chi connectivity index (χ2v) is 3.60. The smallest absolute Gasteiger partial charge is 0.0156 e. The Labute approximate surface area is 114 Å². The average molecular weight is 244 g/mol. The summed E-state index contributed by atoms with van der Waals surface area (Å²) >= 11 is 0. The van der Waals surface area contributed by atoms with Gasteiger partial charge in [-0.05, 0) is 50.0 Å². The first-order chi connectivity index (χ1) is 8.62. The Balaban J connectivity index is 0. The highest BCUT2D eigenvalue weighted by Crippen LogP contribution is 2.22. The minimum atomic E-state index is 1.16. The van der Waals surface area contributed by atoms with Gasteiger partial charge in [0.25, 0.3) is 0 Å². The molecule has 0 heterocycles. The lowest BCUT2D eigenvalue weighted by Crippen LogP contribution is -1.90. The summed E-state index contributed by atoms with van der Waals surface area (Å²) in [5, 5.41) is 0. The summed E-state index contributed by atoms with van der Waals surface area (Å²) in [6.45, 7) is 19.9. The van der Waals surface area contributed by atoms with Crippen molar-refractivity contribution < 1.29 is 0 Å². The number of hydrogen-bond donors (Lipinski definition) is 0. The molecule has 0 aromatic carbocycles. The summed E-state index contributed by atoms with van der Waals surface area (Å²) in [5.41, 5.74) is 4.72. The molecule has 0 aliphatic heterocycles. The van der Waals surface area contributed by atoms with E-state index in [1.54, 1.807) is 0 Å². The molecule has 0 atom stereocenters. The van der Waals surface area contributed by atoms with Gasteiger partial charge in [0.2, 0.25) is 0 Å². The molecule has 0 N–H and O–H groups in total. The first kappa shape index (κ1) is 18.8. The second-order valence-electron chi connectivity index (χ2n) is 3.60. The maximum Gasteiger partial charge on any atom is -0.0156 e. The van der Waals surface area contributed by atoms with E-state index in [1.165, 1.54) is 11.1 Å². The summed E-state index contributed by atoms with van der Waals surface area (Å²) in [5.74, 6) is 0. The lowest BCUT2D eigenvalue weighted by Gasteiger charge is -2.09. The normalized spacial score (nSPS) is 13.7. The van der Waals surface area contributed by atoms with Crippen LogP contribution in [0.3, 0.4) is 0 Å². The molecule has 0 aliphatic carbocycles. The molecule has 0 aromatic rings. The molecular formula is C18H28. The fourth-order valence-electron chi connectivity index (χ4n) is 1.53. The van der Waals surface area contributed by atoms with Crippen molar-refractivity contribution in [3.05, 3.63) is 71.9 Å². The summed E-state index contributed by atoms with van der Waals surface area (Å²) in [4.78, 5) is 0. The van der Waals surface area contributed by atoms with E-state index in [9.17, 15) is 0 Å². The molecule has 0 spiro atoms. The van der Waals surface area contributed by atoms with Crippen LogP contribution in [0, 0.1) is 0 Å². The van der Waals surface area contributed by atoms with Gasteiger partial charge in [-0.1, -0.05) is 63.5 Å². The minimum absolute atomic E-state index is 1.16. The van der Waals surface area contributed by atoms with Gasteiger partial charge in [0.1, 0.15) is 0 Å². The van der Waals surface area contributed by atoms with Crippen molar-refractivity contribution in [2.45, 2.75) is 41.5 Å². The second kappa shape index (κ2) is 11.9. The average Bonchev–Trinajstić information content (AvgIpc) is 2.40. The molecule has 0 rings (SSSR count). The zero-order chi connectivity index (χ0) is 14.6. The van der Waals surface area contributed by atoms with Gasteiger partial charge in [-0.2, -0.15) is 0 Å². The Morgan fingerprint density at radius 3 is 1.56 bits per heavy atom. The highest BCUT2D eigenvalue weighted by molar-refractivity contribution is 5.54. The standard InChI is InChI=1S/C16H22.C2H6/c1-7-11-14(6)15(10-4)16(12-8-2)13(5)9-3;1-2/h7-12H,3-4H2,1-2,5-6H3;1-2H3/b11-7-,12-8-,15-14-,16-13-;. The van der Waals surface area contributed by atoms with E-state index >= 15 is 0 Å². The highest BCUT2D eigenvalue weighted by Gasteiger charge is 2.03. The zero-order valence-corrected chi connectivity index (χ0v) is 12.9. The van der Waals surface area contributed by atoms with E-state index in [2.05, 4.69) is 39.2 Å². The topological polar surface area (TPSA) is 0 Å². The number of hydrogen-bond acceptors (Lipinski definition) is 0. The summed E-state index contributed by atoms with van der Waals surface area (Å²) in [6.07, 6.45) is 12.0. The van der Waals surface area contributed by atoms with E-state index in [-0.39, 0.29) is 0 Å². The van der Waals surface area contributed by atoms with Crippen LogP contribution in [0.1, 0.15) is 41.5 Å². The first-order valence-corrected chi connectivity index (χ1v) is 6.54. The molecule has 100 valence electrons. The van der Waals surface area contributed by atoms with Crippen LogP contribution in [0.2, 0.25) is 0 Å². The third kappa shape index (κ3) is 6.24. The molecule has 18 heavy (non-hydrogen) atoms.